The first-order valence-corrected chi connectivity index (χ1v) is 9.52. The second-order valence-electron chi connectivity index (χ2n) is 5.83. The molecule has 0 heterocycles. The van der Waals surface area contributed by atoms with Crippen LogP contribution in [0, 0.1) is 0 Å². The van der Waals surface area contributed by atoms with Gasteiger partial charge in [0.05, 0.1) is 11.4 Å². The van der Waals surface area contributed by atoms with E-state index in [0.29, 0.717) is 6.42 Å². The molecule has 20 heavy (non-hydrogen) atoms. The fourth-order valence-electron chi connectivity index (χ4n) is 2.31. The van der Waals surface area contributed by atoms with E-state index < -0.39 is 21.5 Å². The fourth-order valence-corrected chi connectivity index (χ4v) is 2.78. The van der Waals surface area contributed by atoms with E-state index in [1.165, 1.54) is 51.9 Å². The normalized spacial score (nSPS) is 15.2. The summed E-state index contributed by atoms with van der Waals surface area (Å²) < 4.78 is 30.5. The van der Waals surface area contributed by atoms with Crippen molar-refractivity contribution >= 4 is 10.1 Å². The third-order valence-electron chi connectivity index (χ3n) is 3.75. The van der Waals surface area contributed by atoms with Gasteiger partial charge < -0.3 is 5.11 Å². The van der Waals surface area contributed by atoms with Gasteiger partial charge in [-0.25, -0.2) is 0 Å². The first-order chi connectivity index (χ1) is 9.38. The van der Waals surface area contributed by atoms with E-state index in [-0.39, 0.29) is 6.42 Å². The predicted molar refractivity (Wildman–Crippen MR) is 83.5 cm³/mol. The van der Waals surface area contributed by atoms with Crippen molar-refractivity contribution in [3.63, 3.8) is 0 Å². The van der Waals surface area contributed by atoms with E-state index in [4.69, 9.17) is 4.55 Å². The molecule has 0 saturated carbocycles. The molecule has 0 rings (SSSR count). The van der Waals surface area contributed by atoms with Crippen molar-refractivity contribution in [1.82, 2.24) is 0 Å². The van der Waals surface area contributed by atoms with Crippen molar-refractivity contribution in [3.05, 3.63) is 0 Å². The van der Waals surface area contributed by atoms with Gasteiger partial charge in [-0.05, 0) is 19.8 Å². The van der Waals surface area contributed by atoms with Crippen LogP contribution in [0.4, 0.5) is 0 Å². The van der Waals surface area contributed by atoms with Gasteiger partial charge in [0.15, 0.2) is 0 Å². The minimum Gasteiger partial charge on any atom is -0.393 e. The Balaban J connectivity index is 3.42. The molecule has 2 unspecified atom stereocenters. The molecule has 4 nitrogen and oxygen atoms in total. The lowest BCUT2D eigenvalue weighted by Gasteiger charge is -2.14. The summed E-state index contributed by atoms with van der Waals surface area (Å²) in [5.74, 6) is 0. The Morgan fingerprint density at radius 3 is 1.80 bits per heavy atom. The summed E-state index contributed by atoms with van der Waals surface area (Å²) in [4.78, 5) is 0. The summed E-state index contributed by atoms with van der Waals surface area (Å²) in [7, 11) is -4.01. The monoisotopic (exact) mass is 308 g/mol. The Morgan fingerprint density at radius 1 is 0.900 bits per heavy atom. The standard InChI is InChI=1S/C15H32O4S/c1-3-4-5-6-7-8-9-10-11-12-15(16)13-14(2)20(17,18)19/h14-16H,3-13H2,1-2H3,(H,17,18,19). The van der Waals surface area contributed by atoms with Gasteiger partial charge in [-0.3, -0.25) is 4.55 Å². The highest BCUT2D eigenvalue weighted by Gasteiger charge is 2.20. The minimum absolute atomic E-state index is 0.121. The van der Waals surface area contributed by atoms with Crippen LogP contribution in [0.15, 0.2) is 0 Å². The molecule has 0 spiro atoms. The molecule has 122 valence electrons. The minimum atomic E-state index is -4.01. The van der Waals surface area contributed by atoms with Crippen LogP contribution in [0.2, 0.25) is 0 Å². The Hall–Kier alpha value is -0.130. The number of aliphatic hydroxyl groups is 1. The van der Waals surface area contributed by atoms with Gasteiger partial charge in [0.1, 0.15) is 0 Å². The third-order valence-corrected chi connectivity index (χ3v) is 4.96. The van der Waals surface area contributed by atoms with Crippen LogP contribution in [-0.2, 0) is 10.1 Å². The molecule has 0 aliphatic carbocycles. The summed E-state index contributed by atoms with van der Waals surface area (Å²) in [6, 6.07) is 0. The molecule has 0 saturated heterocycles. The first kappa shape index (κ1) is 19.9. The number of unbranched alkanes of at least 4 members (excludes halogenated alkanes) is 8. The zero-order valence-corrected chi connectivity index (χ0v) is 13.9. The molecule has 0 aromatic heterocycles. The van der Waals surface area contributed by atoms with E-state index in [9.17, 15) is 13.5 Å². The second kappa shape index (κ2) is 11.5. The lowest BCUT2D eigenvalue weighted by atomic mass is 10.0. The van der Waals surface area contributed by atoms with Crippen molar-refractivity contribution in [2.75, 3.05) is 0 Å². The maximum atomic E-state index is 10.8. The van der Waals surface area contributed by atoms with E-state index in [0.717, 1.165) is 12.8 Å². The van der Waals surface area contributed by atoms with Crippen LogP contribution in [-0.4, -0.2) is 29.4 Å². The van der Waals surface area contributed by atoms with Crippen LogP contribution in [0.5, 0.6) is 0 Å². The molecule has 0 aromatic carbocycles. The fraction of sp³-hybridized carbons (Fsp3) is 1.00. The maximum absolute atomic E-state index is 10.8. The number of hydrogen-bond acceptors (Lipinski definition) is 3. The van der Waals surface area contributed by atoms with Crippen molar-refractivity contribution in [3.8, 4) is 0 Å². The molecule has 0 radical (unpaired) electrons. The lowest BCUT2D eigenvalue weighted by Crippen LogP contribution is -2.23. The van der Waals surface area contributed by atoms with Gasteiger partial charge >= 0.3 is 0 Å². The zero-order valence-electron chi connectivity index (χ0n) is 13.1. The van der Waals surface area contributed by atoms with Crippen molar-refractivity contribution in [2.45, 2.75) is 95.8 Å². The molecular weight excluding hydrogens is 276 g/mol. The summed E-state index contributed by atoms with van der Waals surface area (Å²) >= 11 is 0. The first-order valence-electron chi connectivity index (χ1n) is 8.02. The van der Waals surface area contributed by atoms with E-state index in [1.807, 2.05) is 0 Å². The smallest absolute Gasteiger partial charge is 0.267 e. The van der Waals surface area contributed by atoms with Gasteiger partial charge in [0, 0.05) is 0 Å². The highest BCUT2D eigenvalue weighted by atomic mass is 32.2. The molecule has 0 amide bonds. The van der Waals surface area contributed by atoms with Crippen molar-refractivity contribution in [2.24, 2.45) is 0 Å². The molecule has 2 atom stereocenters. The molecule has 0 aromatic rings. The van der Waals surface area contributed by atoms with Gasteiger partial charge in [0.2, 0.25) is 0 Å². The Morgan fingerprint density at radius 2 is 1.35 bits per heavy atom. The second-order valence-corrected chi connectivity index (χ2v) is 7.67. The van der Waals surface area contributed by atoms with Crippen LogP contribution in [0.3, 0.4) is 0 Å². The van der Waals surface area contributed by atoms with Crippen LogP contribution >= 0.6 is 0 Å². The average Bonchev–Trinajstić information content (AvgIpc) is 2.35. The summed E-state index contributed by atoms with van der Waals surface area (Å²) in [6.45, 7) is 3.64. The quantitative estimate of drug-likeness (QED) is 0.399. The summed E-state index contributed by atoms with van der Waals surface area (Å²) in [5.41, 5.74) is 0. The summed E-state index contributed by atoms with van der Waals surface area (Å²) in [6.07, 6.45) is 11.1. The largest absolute Gasteiger partial charge is 0.393 e. The van der Waals surface area contributed by atoms with Gasteiger partial charge in [0.25, 0.3) is 10.1 Å². The van der Waals surface area contributed by atoms with Gasteiger partial charge in [-0.15, -0.1) is 0 Å². The molecule has 0 aliphatic heterocycles. The highest BCUT2D eigenvalue weighted by molar-refractivity contribution is 7.86. The van der Waals surface area contributed by atoms with Crippen molar-refractivity contribution < 1.29 is 18.1 Å². The molecule has 5 heteroatoms. The number of aliphatic hydroxyl groups excluding tert-OH is 1. The van der Waals surface area contributed by atoms with Crippen LogP contribution in [0.1, 0.15) is 84.5 Å². The van der Waals surface area contributed by atoms with E-state index in [1.54, 1.807) is 0 Å². The molecular formula is C15H32O4S. The zero-order chi connectivity index (χ0) is 15.4. The Labute approximate surface area is 124 Å². The Bertz CT molecular complexity index is 314. The van der Waals surface area contributed by atoms with Crippen LogP contribution in [0.25, 0.3) is 0 Å². The summed E-state index contributed by atoms with van der Waals surface area (Å²) in [5, 5.41) is 8.83. The van der Waals surface area contributed by atoms with Crippen molar-refractivity contribution in [1.29, 1.82) is 0 Å². The number of hydrogen-bond donors (Lipinski definition) is 2. The maximum Gasteiger partial charge on any atom is 0.267 e. The Kier molecular flexibility index (Phi) is 11.4. The average molecular weight is 308 g/mol. The third kappa shape index (κ3) is 11.7. The highest BCUT2D eigenvalue weighted by Crippen LogP contribution is 2.14. The predicted octanol–water partition coefficient (Wildman–Crippen LogP) is 3.93. The van der Waals surface area contributed by atoms with E-state index >= 15 is 0 Å². The molecule has 0 aliphatic rings. The molecule has 0 bridgehead atoms. The van der Waals surface area contributed by atoms with Gasteiger partial charge in [-0.1, -0.05) is 64.7 Å². The SMILES string of the molecule is CCCCCCCCCCCC(O)CC(C)S(=O)(=O)O. The molecule has 0 fully saturated rings. The van der Waals surface area contributed by atoms with Gasteiger partial charge in [-0.2, -0.15) is 8.42 Å². The molecule has 2 N–H and O–H groups in total. The van der Waals surface area contributed by atoms with Crippen LogP contribution < -0.4 is 0 Å². The number of rotatable bonds is 13. The topological polar surface area (TPSA) is 74.6 Å². The lowest BCUT2D eigenvalue weighted by molar-refractivity contribution is 0.149. The van der Waals surface area contributed by atoms with E-state index in [2.05, 4.69) is 6.92 Å².